The molecule has 0 saturated heterocycles. The van der Waals surface area contributed by atoms with Crippen molar-refractivity contribution in [2.75, 3.05) is 0 Å². The molecule has 0 atom stereocenters. The molecule has 0 aliphatic rings. The van der Waals surface area contributed by atoms with Crippen LogP contribution in [-0.2, 0) is 11.2 Å². The summed E-state index contributed by atoms with van der Waals surface area (Å²) in [6, 6.07) is 5.00. The van der Waals surface area contributed by atoms with Gasteiger partial charge in [0.25, 0.3) is 0 Å². The number of aliphatic carboxylic acids is 1. The molecule has 0 unspecified atom stereocenters. The maximum absolute atomic E-state index is 10.8. The highest BCUT2D eigenvalue weighted by atomic mass is 16.4. The number of benzene rings is 2. The van der Waals surface area contributed by atoms with E-state index >= 15 is 0 Å². The van der Waals surface area contributed by atoms with Gasteiger partial charge < -0.3 is 5.11 Å². The smallest absolute Gasteiger partial charge is 0.307 e. The second-order valence-corrected chi connectivity index (χ2v) is 3.20. The zero-order chi connectivity index (χ0) is 15.7. The van der Waals surface area contributed by atoms with E-state index in [4.69, 9.17) is 12.0 Å². The molecule has 0 radical (unpaired) electrons. The van der Waals surface area contributed by atoms with Crippen molar-refractivity contribution in [1.29, 1.82) is 0 Å². The zero-order valence-corrected chi connectivity index (χ0v) is 8.37. The first-order valence-corrected chi connectivity index (χ1v) is 4.71. The molecule has 0 heterocycles. The Morgan fingerprint density at radius 1 is 1.06 bits per heavy atom. The van der Waals surface area contributed by atoms with E-state index in [0.717, 1.165) is 0 Å². The lowest BCUT2D eigenvalue weighted by atomic mass is 10.0. The van der Waals surface area contributed by atoms with Crippen molar-refractivity contribution in [2.45, 2.75) is 6.42 Å². The Balaban J connectivity index is 2.76. The second kappa shape index (κ2) is 4.62. The molecule has 0 spiro atoms. The lowest BCUT2D eigenvalue weighted by Crippen LogP contribution is -1.99. The fourth-order valence-corrected chi connectivity index (χ4v) is 1.26. The Morgan fingerprint density at radius 3 is 2.44 bits per heavy atom. The van der Waals surface area contributed by atoms with E-state index < -0.39 is 12.4 Å². The van der Waals surface area contributed by atoms with Crippen molar-refractivity contribution in [1.82, 2.24) is 0 Å². The van der Waals surface area contributed by atoms with Crippen molar-refractivity contribution in [2.24, 2.45) is 0 Å². The highest BCUT2D eigenvalue weighted by molar-refractivity contribution is 5.71. The van der Waals surface area contributed by atoms with Crippen LogP contribution in [0.25, 0.3) is 11.1 Å². The SMILES string of the molecule is [2H]c1ccccc1-c1c([2H])c([2H])c(CC(=O)O)c([2H])c1[2H]. The van der Waals surface area contributed by atoms with Crippen LogP contribution in [0.2, 0.25) is 0 Å². The Bertz CT molecular complexity index is 699. The first-order chi connectivity index (χ1) is 9.84. The largest absolute Gasteiger partial charge is 0.481 e. The standard InChI is InChI=1S/C14H12O2/c15-14(16)10-11-6-8-13(9-7-11)12-4-2-1-3-5-12/h1-9H,10H2,(H,15,16)/i4D,6D,7D,8D,9D. The van der Waals surface area contributed by atoms with Crippen molar-refractivity contribution >= 4 is 5.97 Å². The van der Waals surface area contributed by atoms with Gasteiger partial charge in [-0.3, -0.25) is 4.79 Å². The van der Waals surface area contributed by atoms with Gasteiger partial charge in [-0.15, -0.1) is 0 Å². The number of hydrogen-bond acceptors (Lipinski definition) is 1. The van der Waals surface area contributed by atoms with E-state index in [0.29, 0.717) is 0 Å². The van der Waals surface area contributed by atoms with Crippen LogP contribution in [0.15, 0.2) is 54.5 Å². The van der Waals surface area contributed by atoms with Gasteiger partial charge in [0.2, 0.25) is 0 Å². The highest BCUT2D eigenvalue weighted by Crippen LogP contribution is 2.19. The van der Waals surface area contributed by atoms with Gasteiger partial charge in [-0.05, 0) is 16.7 Å². The minimum atomic E-state index is -1.22. The molecule has 0 aliphatic carbocycles. The number of carboxylic acids is 1. The lowest BCUT2D eigenvalue weighted by Gasteiger charge is -2.02. The van der Waals surface area contributed by atoms with Crippen LogP contribution in [0, 0.1) is 0 Å². The molecule has 0 bridgehead atoms. The summed E-state index contributed by atoms with van der Waals surface area (Å²) in [5.74, 6) is -1.22. The molecule has 0 aliphatic heterocycles. The molecule has 2 rings (SSSR count). The molecule has 1 N–H and O–H groups in total. The van der Waals surface area contributed by atoms with E-state index in [-0.39, 0.29) is 46.9 Å². The Hall–Kier alpha value is -2.09. The molecule has 2 aromatic rings. The van der Waals surface area contributed by atoms with Gasteiger partial charge in [-0.25, -0.2) is 0 Å². The normalized spacial score (nSPS) is 14.4. The van der Waals surface area contributed by atoms with Gasteiger partial charge in [0.1, 0.15) is 0 Å². The maximum Gasteiger partial charge on any atom is 0.307 e. The second-order valence-electron chi connectivity index (χ2n) is 3.20. The van der Waals surface area contributed by atoms with Gasteiger partial charge >= 0.3 is 5.97 Å². The topological polar surface area (TPSA) is 37.3 Å². The van der Waals surface area contributed by atoms with Gasteiger partial charge in [0.15, 0.2) is 0 Å². The van der Waals surface area contributed by atoms with Crippen LogP contribution in [0.5, 0.6) is 0 Å². The van der Waals surface area contributed by atoms with Crippen LogP contribution >= 0.6 is 0 Å². The van der Waals surface area contributed by atoms with Crippen LogP contribution in [-0.4, -0.2) is 11.1 Å². The summed E-state index contributed by atoms with van der Waals surface area (Å²) in [6.45, 7) is 0. The van der Waals surface area contributed by atoms with Crippen LogP contribution in [0.4, 0.5) is 0 Å². The van der Waals surface area contributed by atoms with E-state index in [1.165, 1.54) is 6.07 Å². The van der Waals surface area contributed by atoms with Gasteiger partial charge in [0.05, 0.1) is 13.3 Å². The third-order valence-corrected chi connectivity index (χ3v) is 1.98. The van der Waals surface area contributed by atoms with Gasteiger partial charge in [-0.2, -0.15) is 0 Å². The minimum absolute atomic E-state index is 0.0183. The number of carbonyl (C=O) groups is 1. The molecular formula is C14H12O2. The zero-order valence-electron chi connectivity index (χ0n) is 13.4. The fourth-order valence-electron chi connectivity index (χ4n) is 1.26. The Kier molecular flexibility index (Phi) is 1.69. The van der Waals surface area contributed by atoms with E-state index in [2.05, 4.69) is 0 Å². The van der Waals surface area contributed by atoms with E-state index in [9.17, 15) is 4.79 Å². The summed E-state index contributed by atoms with van der Waals surface area (Å²) < 4.78 is 39.5. The molecule has 2 aromatic carbocycles. The van der Waals surface area contributed by atoms with Crippen molar-refractivity contribution in [3.63, 3.8) is 0 Å². The summed E-state index contributed by atoms with van der Waals surface area (Å²) in [5, 5.41) is 8.81. The maximum atomic E-state index is 10.8. The fraction of sp³-hybridized carbons (Fsp3) is 0.0714. The quantitative estimate of drug-likeness (QED) is 0.858. The Morgan fingerprint density at radius 2 is 1.81 bits per heavy atom. The molecule has 2 heteroatoms. The summed E-state index contributed by atoms with van der Waals surface area (Å²) >= 11 is 0. The van der Waals surface area contributed by atoms with Crippen molar-refractivity contribution < 1.29 is 16.8 Å². The predicted molar refractivity (Wildman–Crippen MR) is 63.2 cm³/mol. The number of hydrogen-bond donors (Lipinski definition) is 1. The monoisotopic (exact) mass is 217 g/mol. The summed E-state index contributed by atoms with van der Waals surface area (Å²) in [6.07, 6.45) is -0.571. The third-order valence-electron chi connectivity index (χ3n) is 1.98. The average molecular weight is 217 g/mol. The summed E-state index contributed by atoms with van der Waals surface area (Å²) in [4.78, 5) is 10.8. The summed E-state index contributed by atoms with van der Waals surface area (Å²) in [5.41, 5.74) is 0.157. The lowest BCUT2D eigenvalue weighted by molar-refractivity contribution is -0.136. The Labute approximate surface area is 101 Å². The van der Waals surface area contributed by atoms with Crippen LogP contribution in [0.3, 0.4) is 0 Å². The van der Waals surface area contributed by atoms with Crippen LogP contribution < -0.4 is 0 Å². The molecule has 2 nitrogen and oxygen atoms in total. The van der Waals surface area contributed by atoms with Crippen molar-refractivity contribution in [3.05, 3.63) is 60.0 Å². The predicted octanol–water partition coefficient (Wildman–Crippen LogP) is 2.98. The number of carboxylic acid groups (broad SMARTS) is 1. The molecule has 80 valence electrons. The molecule has 0 fully saturated rings. The molecular weight excluding hydrogens is 200 g/mol. The van der Waals surface area contributed by atoms with Crippen molar-refractivity contribution in [3.8, 4) is 11.1 Å². The average Bonchev–Trinajstić information content (AvgIpc) is 2.43. The van der Waals surface area contributed by atoms with Crippen LogP contribution in [0.1, 0.15) is 12.4 Å². The summed E-state index contributed by atoms with van der Waals surface area (Å²) in [7, 11) is 0. The first-order valence-electron chi connectivity index (χ1n) is 7.21. The molecule has 0 amide bonds. The minimum Gasteiger partial charge on any atom is -0.481 e. The molecule has 0 aromatic heterocycles. The van der Waals surface area contributed by atoms with Gasteiger partial charge in [-0.1, -0.05) is 54.5 Å². The first kappa shape index (κ1) is 5.85. The van der Waals surface area contributed by atoms with E-state index in [1.54, 1.807) is 18.2 Å². The highest BCUT2D eigenvalue weighted by Gasteiger charge is 2.01. The van der Waals surface area contributed by atoms with E-state index in [1.807, 2.05) is 0 Å². The van der Waals surface area contributed by atoms with Gasteiger partial charge in [0, 0.05) is 0 Å². The molecule has 16 heavy (non-hydrogen) atoms. The number of rotatable bonds is 3. The third kappa shape index (κ3) is 2.48. The molecule has 0 saturated carbocycles.